The second-order valence-electron chi connectivity index (χ2n) is 7.01. The van der Waals surface area contributed by atoms with E-state index in [9.17, 15) is 14.0 Å². The third-order valence-corrected chi connectivity index (χ3v) is 4.93. The van der Waals surface area contributed by atoms with Gasteiger partial charge in [0.1, 0.15) is 11.9 Å². The summed E-state index contributed by atoms with van der Waals surface area (Å²) in [6, 6.07) is 15.3. The summed E-state index contributed by atoms with van der Waals surface area (Å²) in [5.41, 5.74) is 2.56. The van der Waals surface area contributed by atoms with Crippen LogP contribution in [0.4, 0.5) is 4.39 Å². The lowest BCUT2D eigenvalue weighted by Gasteiger charge is -2.17. The minimum Gasteiger partial charge on any atom is -0.344 e. The normalized spacial score (nSPS) is 16.5. The van der Waals surface area contributed by atoms with E-state index in [0.29, 0.717) is 19.5 Å². The minimum atomic E-state index is -0.513. The zero-order valence-corrected chi connectivity index (χ0v) is 15.3. The van der Waals surface area contributed by atoms with E-state index in [0.717, 1.165) is 22.0 Å². The third kappa shape index (κ3) is 4.01. The standard InChI is InChI=1S/C22H20FN3O2/c23-18-7-5-15(6-8-18)14-26-10-9-20(22(26)28)25-21(27)12-16-11-17-3-1-2-4-19(17)24-13-16/h1-8,11,13,20H,9-10,12,14H2,(H,25,27)/t20-/m0/s1. The smallest absolute Gasteiger partial charge is 0.245 e. The molecule has 3 aromatic rings. The van der Waals surface area contributed by atoms with Gasteiger partial charge in [0.2, 0.25) is 11.8 Å². The first-order chi connectivity index (χ1) is 13.6. The minimum absolute atomic E-state index is 0.102. The van der Waals surface area contributed by atoms with E-state index in [2.05, 4.69) is 10.3 Å². The highest BCUT2D eigenvalue weighted by atomic mass is 19.1. The van der Waals surface area contributed by atoms with Gasteiger partial charge in [-0.1, -0.05) is 30.3 Å². The number of hydrogen-bond donors (Lipinski definition) is 1. The van der Waals surface area contributed by atoms with Gasteiger partial charge in [-0.2, -0.15) is 0 Å². The molecule has 0 spiro atoms. The van der Waals surface area contributed by atoms with Crippen molar-refractivity contribution in [1.82, 2.24) is 15.2 Å². The average molecular weight is 377 g/mol. The van der Waals surface area contributed by atoms with Crippen molar-refractivity contribution in [2.45, 2.75) is 25.4 Å². The molecule has 142 valence electrons. The Morgan fingerprint density at radius 3 is 2.75 bits per heavy atom. The molecule has 0 bridgehead atoms. The first kappa shape index (κ1) is 18.1. The summed E-state index contributed by atoms with van der Waals surface area (Å²) in [5.74, 6) is -0.599. The highest BCUT2D eigenvalue weighted by Crippen LogP contribution is 2.17. The Morgan fingerprint density at radius 1 is 1.14 bits per heavy atom. The predicted molar refractivity (Wildman–Crippen MR) is 104 cm³/mol. The Balaban J connectivity index is 1.35. The Bertz CT molecular complexity index is 1020. The largest absolute Gasteiger partial charge is 0.344 e. The zero-order valence-electron chi connectivity index (χ0n) is 15.3. The SMILES string of the molecule is O=C(Cc1cnc2ccccc2c1)N[C@H]1CCN(Cc2ccc(F)cc2)C1=O. The molecule has 1 saturated heterocycles. The van der Waals surface area contributed by atoms with Crippen LogP contribution in [0.5, 0.6) is 0 Å². The molecule has 0 aliphatic carbocycles. The fourth-order valence-electron chi connectivity index (χ4n) is 3.48. The number of nitrogens with zero attached hydrogens (tertiary/aromatic N) is 2. The predicted octanol–water partition coefficient (Wildman–Crippen LogP) is 2.83. The van der Waals surface area contributed by atoms with E-state index < -0.39 is 6.04 Å². The summed E-state index contributed by atoms with van der Waals surface area (Å²) in [7, 11) is 0. The van der Waals surface area contributed by atoms with E-state index in [1.807, 2.05) is 30.3 Å². The van der Waals surface area contributed by atoms with Crippen LogP contribution < -0.4 is 5.32 Å². The molecular weight excluding hydrogens is 357 g/mol. The van der Waals surface area contributed by atoms with E-state index in [1.165, 1.54) is 12.1 Å². The number of carbonyl (C=O) groups is 2. The van der Waals surface area contributed by atoms with E-state index in [4.69, 9.17) is 0 Å². The van der Waals surface area contributed by atoms with Crippen molar-refractivity contribution < 1.29 is 14.0 Å². The summed E-state index contributed by atoms with van der Waals surface area (Å²) >= 11 is 0. The molecule has 0 unspecified atom stereocenters. The molecule has 2 amide bonds. The molecule has 1 fully saturated rings. The summed E-state index contributed by atoms with van der Waals surface area (Å²) in [4.78, 5) is 31.0. The summed E-state index contributed by atoms with van der Waals surface area (Å²) in [6.07, 6.45) is 2.44. The number of para-hydroxylation sites is 1. The van der Waals surface area contributed by atoms with Crippen LogP contribution in [-0.4, -0.2) is 34.3 Å². The van der Waals surface area contributed by atoms with Gasteiger partial charge in [-0.05, 0) is 41.8 Å². The van der Waals surface area contributed by atoms with E-state index in [-0.39, 0.29) is 24.1 Å². The molecular formula is C22H20FN3O2. The molecule has 2 heterocycles. The van der Waals surface area contributed by atoms with Crippen LogP contribution >= 0.6 is 0 Å². The summed E-state index contributed by atoms with van der Waals surface area (Å²) in [5, 5.41) is 3.81. The van der Waals surface area contributed by atoms with Crippen LogP contribution in [0.3, 0.4) is 0 Å². The lowest BCUT2D eigenvalue weighted by Crippen LogP contribution is -2.41. The first-order valence-electron chi connectivity index (χ1n) is 9.25. The lowest BCUT2D eigenvalue weighted by atomic mass is 10.1. The number of carbonyl (C=O) groups excluding carboxylic acids is 2. The highest BCUT2D eigenvalue weighted by Gasteiger charge is 2.32. The van der Waals surface area contributed by atoms with Gasteiger partial charge in [0, 0.05) is 24.7 Å². The van der Waals surface area contributed by atoms with Crippen LogP contribution in [-0.2, 0) is 22.6 Å². The molecule has 1 aliphatic rings. The van der Waals surface area contributed by atoms with Gasteiger partial charge in [-0.25, -0.2) is 4.39 Å². The average Bonchev–Trinajstić information content (AvgIpc) is 3.03. The zero-order chi connectivity index (χ0) is 19.5. The van der Waals surface area contributed by atoms with Gasteiger partial charge in [-0.15, -0.1) is 0 Å². The van der Waals surface area contributed by atoms with E-state index >= 15 is 0 Å². The highest BCUT2D eigenvalue weighted by molar-refractivity contribution is 5.90. The Kier molecular flexibility index (Phi) is 5.02. The quantitative estimate of drug-likeness (QED) is 0.744. The molecule has 4 rings (SSSR count). The van der Waals surface area contributed by atoms with Gasteiger partial charge in [0.15, 0.2) is 0 Å². The van der Waals surface area contributed by atoms with Gasteiger partial charge in [0.05, 0.1) is 11.9 Å². The lowest BCUT2D eigenvalue weighted by molar-refractivity contribution is -0.132. The molecule has 1 N–H and O–H groups in total. The number of likely N-dealkylation sites (tertiary alicyclic amines) is 1. The molecule has 6 heteroatoms. The van der Waals surface area contributed by atoms with Crippen LogP contribution in [0.2, 0.25) is 0 Å². The second kappa shape index (κ2) is 7.76. The maximum atomic E-state index is 13.0. The van der Waals surface area contributed by atoms with Gasteiger partial charge < -0.3 is 10.2 Å². The molecule has 1 aliphatic heterocycles. The van der Waals surface area contributed by atoms with Crippen molar-refractivity contribution in [3.05, 3.63) is 77.7 Å². The number of benzene rings is 2. The number of fused-ring (bicyclic) bond motifs is 1. The number of amides is 2. The van der Waals surface area contributed by atoms with Crippen molar-refractivity contribution in [1.29, 1.82) is 0 Å². The van der Waals surface area contributed by atoms with Crippen LogP contribution in [0.1, 0.15) is 17.5 Å². The molecule has 1 aromatic heterocycles. The molecule has 2 aromatic carbocycles. The van der Waals surface area contributed by atoms with Gasteiger partial charge >= 0.3 is 0 Å². The monoisotopic (exact) mass is 377 g/mol. The summed E-state index contributed by atoms with van der Waals surface area (Å²) in [6.45, 7) is 0.985. The van der Waals surface area contributed by atoms with Crippen molar-refractivity contribution in [2.75, 3.05) is 6.54 Å². The van der Waals surface area contributed by atoms with Gasteiger partial charge in [-0.3, -0.25) is 14.6 Å². The number of pyridine rings is 1. The molecule has 0 radical (unpaired) electrons. The van der Waals surface area contributed by atoms with Crippen LogP contribution in [0.15, 0.2) is 60.8 Å². The van der Waals surface area contributed by atoms with Crippen molar-refractivity contribution in [3.63, 3.8) is 0 Å². The van der Waals surface area contributed by atoms with E-state index in [1.54, 1.807) is 23.2 Å². The second-order valence-corrected chi connectivity index (χ2v) is 7.01. The Labute approximate surface area is 162 Å². The van der Waals surface area contributed by atoms with Crippen LogP contribution in [0.25, 0.3) is 10.9 Å². The number of aromatic nitrogens is 1. The van der Waals surface area contributed by atoms with Crippen LogP contribution in [0, 0.1) is 5.82 Å². The number of halogens is 1. The third-order valence-electron chi connectivity index (χ3n) is 4.93. The van der Waals surface area contributed by atoms with Crippen molar-refractivity contribution >= 4 is 22.7 Å². The van der Waals surface area contributed by atoms with Gasteiger partial charge in [0.25, 0.3) is 0 Å². The molecule has 28 heavy (non-hydrogen) atoms. The number of nitrogens with one attached hydrogen (secondary N) is 1. The van der Waals surface area contributed by atoms with Crippen molar-refractivity contribution in [2.24, 2.45) is 0 Å². The topological polar surface area (TPSA) is 62.3 Å². The maximum absolute atomic E-state index is 13.0. The van der Waals surface area contributed by atoms with Crippen molar-refractivity contribution in [3.8, 4) is 0 Å². The fraction of sp³-hybridized carbons (Fsp3) is 0.227. The Hall–Kier alpha value is -3.28. The number of hydrogen-bond acceptors (Lipinski definition) is 3. The number of rotatable bonds is 5. The Morgan fingerprint density at radius 2 is 1.93 bits per heavy atom. The summed E-state index contributed by atoms with van der Waals surface area (Å²) < 4.78 is 13.0. The first-order valence-corrected chi connectivity index (χ1v) is 9.25. The molecule has 1 atom stereocenters. The molecule has 5 nitrogen and oxygen atoms in total. The fourth-order valence-corrected chi connectivity index (χ4v) is 3.48. The molecule has 0 saturated carbocycles. The maximum Gasteiger partial charge on any atom is 0.245 e.